The van der Waals surface area contributed by atoms with Gasteiger partial charge in [-0.1, -0.05) is 0 Å². The Hall–Kier alpha value is -0.551. The Morgan fingerprint density at radius 3 is 2.33 bits per heavy atom. The van der Waals surface area contributed by atoms with Crippen molar-refractivity contribution in [3.05, 3.63) is 22.7 Å². The van der Waals surface area contributed by atoms with Gasteiger partial charge in [-0.05, 0) is 0 Å². The topological polar surface area (TPSA) is 34.1 Å². The van der Waals surface area contributed by atoms with Gasteiger partial charge in [0.1, 0.15) is 0 Å². The van der Waals surface area contributed by atoms with E-state index in [0.717, 1.165) is 4.47 Å². The van der Waals surface area contributed by atoms with Crippen LogP contribution in [0.3, 0.4) is 0 Å². The number of hydrogen-bond donors (Lipinski definition) is 0. The Labute approximate surface area is 78.7 Å². The Kier molecular flexibility index (Phi) is 4.26. The van der Waals surface area contributed by atoms with E-state index in [1.807, 2.05) is 27.8 Å². The van der Waals surface area contributed by atoms with Crippen molar-refractivity contribution in [1.29, 1.82) is 0 Å². The molecule has 0 aliphatic heterocycles. The molecule has 0 aromatic carbocycles. The van der Waals surface area contributed by atoms with Gasteiger partial charge in [0, 0.05) is 0 Å². The molecule has 0 spiro atoms. The van der Waals surface area contributed by atoms with E-state index in [1.54, 1.807) is 5.82 Å². The number of rotatable bonds is 1. The molecule has 0 bridgehead atoms. The van der Waals surface area contributed by atoms with Crippen molar-refractivity contribution in [3.8, 4) is 0 Å². The predicted molar refractivity (Wildman–Crippen MR) is 46.3 cm³/mol. The summed E-state index contributed by atoms with van der Waals surface area (Å²) in [7, 11) is 0. The van der Waals surface area contributed by atoms with Gasteiger partial charge in [0.05, 0.1) is 0 Å². The van der Waals surface area contributed by atoms with Crippen LogP contribution in [0.1, 0.15) is 6.42 Å². The third-order valence-corrected chi connectivity index (χ3v) is 4.19. The molecule has 0 aromatic heterocycles. The molecule has 68 valence electrons. The van der Waals surface area contributed by atoms with Gasteiger partial charge in [0.2, 0.25) is 0 Å². The maximum absolute atomic E-state index is 10.4. The molecule has 0 fully saturated rings. The summed E-state index contributed by atoms with van der Waals surface area (Å²) in [6.45, 7) is 0. The van der Waals surface area contributed by atoms with Crippen LogP contribution in [0.5, 0.6) is 0 Å². The predicted octanol–water partition coefficient (Wildman–Crippen LogP) is 1.59. The fraction of sp³-hybridized carbons (Fsp3) is 0.250. The number of halogens is 1. The summed E-state index contributed by atoms with van der Waals surface area (Å²) in [5, 5.41) is 0. The molecule has 4 heteroatoms. The second-order valence-corrected chi connectivity index (χ2v) is 5.81. The Bertz CT molecular complexity index is 367. The quantitative estimate of drug-likeness (QED) is 0.639. The van der Waals surface area contributed by atoms with Gasteiger partial charge in [0.25, 0.3) is 0 Å². The van der Waals surface area contributed by atoms with Crippen molar-refractivity contribution in [3.63, 3.8) is 0 Å². The SMILES string of the molecule is Cl.[CH3][Fe](=[C]=O)(=[C]=O)[C]1=CC=CC1. The number of allylic oxidation sites excluding steroid dienone is 4. The minimum absolute atomic E-state index is 0. The average molecular weight is 228 g/mol. The van der Waals surface area contributed by atoms with E-state index in [4.69, 9.17) is 0 Å². The first kappa shape index (κ1) is 11.4. The van der Waals surface area contributed by atoms with Crippen LogP contribution < -0.4 is 0 Å². The van der Waals surface area contributed by atoms with Crippen molar-refractivity contribution in [1.82, 2.24) is 0 Å². The standard InChI is InChI=1S/C5H5.2CO.CH3.ClH.Fe/c1-2-4-5-3-1;2*1-2;;;/h1-3H,4H2;;;1H3;1H;. The molecule has 0 radical (unpaired) electrons. The van der Waals surface area contributed by atoms with Crippen molar-refractivity contribution in [2.24, 2.45) is 0 Å². The molecular weight excluding hydrogens is 219 g/mol. The molecule has 0 saturated carbocycles. The number of carbonyl (C=O) groups excluding carboxylic acids is 2. The van der Waals surface area contributed by atoms with Crippen LogP contribution >= 0.6 is 12.4 Å². The van der Waals surface area contributed by atoms with Crippen LogP contribution in [-0.4, -0.2) is 9.57 Å². The fourth-order valence-electron chi connectivity index (χ4n) is 0.786. The Morgan fingerprint density at radius 2 is 2.00 bits per heavy atom. The fourth-order valence-corrected chi connectivity index (χ4v) is 2.18. The van der Waals surface area contributed by atoms with Crippen LogP contribution in [0, 0.1) is 0 Å². The maximum atomic E-state index is 10.4. The van der Waals surface area contributed by atoms with Crippen LogP contribution in [-0.2, 0) is 21.6 Å². The zero-order valence-corrected chi connectivity index (χ0v) is 8.44. The second kappa shape index (κ2) is 4.47. The molecule has 0 aromatic rings. The Morgan fingerprint density at radius 1 is 1.42 bits per heavy atom. The molecule has 0 amide bonds. The normalized spacial score (nSPS) is 15.6. The van der Waals surface area contributed by atoms with Gasteiger partial charge < -0.3 is 0 Å². The van der Waals surface area contributed by atoms with E-state index in [9.17, 15) is 9.59 Å². The minimum atomic E-state index is -2.43. The summed E-state index contributed by atoms with van der Waals surface area (Å²) in [5.74, 6) is 1.64. The van der Waals surface area contributed by atoms with E-state index >= 15 is 0 Å². The summed E-state index contributed by atoms with van der Waals surface area (Å²) in [6.07, 6.45) is 6.30. The summed E-state index contributed by atoms with van der Waals surface area (Å²) in [5.41, 5.74) is 0. The molecular formula is C8H9ClFeO2. The van der Waals surface area contributed by atoms with Crippen molar-refractivity contribution in [2.45, 2.75) is 12.2 Å². The molecule has 0 heterocycles. The van der Waals surface area contributed by atoms with E-state index < -0.39 is 12.0 Å². The first-order valence-corrected chi connectivity index (χ1v) is 5.77. The van der Waals surface area contributed by atoms with Crippen LogP contribution in [0.15, 0.2) is 22.7 Å². The summed E-state index contributed by atoms with van der Waals surface area (Å²) in [4.78, 5) is 24.5. The summed E-state index contributed by atoms with van der Waals surface area (Å²) >= 11 is -2.43. The van der Waals surface area contributed by atoms with E-state index in [1.165, 1.54) is 0 Å². The van der Waals surface area contributed by atoms with E-state index in [-0.39, 0.29) is 12.4 Å². The van der Waals surface area contributed by atoms with Crippen LogP contribution in [0.2, 0.25) is 5.82 Å². The molecule has 12 heavy (non-hydrogen) atoms. The van der Waals surface area contributed by atoms with Gasteiger partial charge in [-0.3, -0.25) is 0 Å². The van der Waals surface area contributed by atoms with E-state index in [2.05, 4.69) is 0 Å². The molecule has 1 aliphatic rings. The van der Waals surface area contributed by atoms with Gasteiger partial charge in [0.15, 0.2) is 0 Å². The first-order chi connectivity index (χ1) is 5.23. The molecule has 0 atom stereocenters. The van der Waals surface area contributed by atoms with E-state index in [0.29, 0.717) is 6.42 Å². The second-order valence-electron chi connectivity index (χ2n) is 2.17. The van der Waals surface area contributed by atoms with Crippen LogP contribution in [0.4, 0.5) is 0 Å². The van der Waals surface area contributed by atoms with Gasteiger partial charge in [-0.25, -0.2) is 0 Å². The first-order valence-electron chi connectivity index (χ1n) is 3.01. The molecule has 1 aliphatic carbocycles. The van der Waals surface area contributed by atoms with Gasteiger partial charge in [-0.2, -0.15) is 0 Å². The van der Waals surface area contributed by atoms with Crippen molar-refractivity contribution in [2.75, 3.05) is 0 Å². The van der Waals surface area contributed by atoms with Gasteiger partial charge in [-0.15, -0.1) is 12.4 Å². The van der Waals surface area contributed by atoms with Gasteiger partial charge >= 0.3 is 66.1 Å². The summed E-state index contributed by atoms with van der Waals surface area (Å²) in [6, 6.07) is 0. The van der Waals surface area contributed by atoms with Crippen molar-refractivity contribution >= 4 is 22.0 Å². The van der Waals surface area contributed by atoms with Crippen LogP contribution in [0.25, 0.3) is 0 Å². The molecule has 1 rings (SSSR count). The molecule has 0 unspecified atom stereocenters. The third-order valence-electron chi connectivity index (χ3n) is 1.46. The zero-order chi connectivity index (χ0) is 8.32. The third kappa shape index (κ3) is 1.98. The molecule has 2 nitrogen and oxygen atoms in total. The average Bonchev–Trinajstić information content (AvgIpc) is 2.55. The molecule has 0 N–H and O–H groups in total. The van der Waals surface area contributed by atoms with Crippen molar-refractivity contribution < 1.29 is 21.6 Å². The zero-order valence-electron chi connectivity index (χ0n) is 6.52. The summed E-state index contributed by atoms with van der Waals surface area (Å²) < 4.78 is 0.891. The monoisotopic (exact) mass is 228 g/mol. The number of hydrogen-bond acceptors (Lipinski definition) is 2. The Balaban J connectivity index is 0.00000121. The molecule has 0 saturated heterocycles.